The molecule has 6 heteroatoms. The SMILES string of the molecule is Cc1ocnc1C(=O)Nc1ccc2c(c1)nc(C1CC1)n2C. The standard InChI is InChI=1S/C16H16N4O2/c1-9-14(17-8-22-9)16(21)18-11-5-6-13-12(7-11)19-15(20(13)2)10-3-4-10/h5-8,10H,3-4H2,1-2H3,(H,18,21). The molecule has 0 radical (unpaired) electrons. The minimum absolute atomic E-state index is 0.274. The van der Waals surface area contributed by atoms with Gasteiger partial charge in [0.05, 0.1) is 11.0 Å². The maximum Gasteiger partial charge on any atom is 0.277 e. The predicted molar refractivity (Wildman–Crippen MR) is 81.9 cm³/mol. The van der Waals surface area contributed by atoms with Gasteiger partial charge in [0.1, 0.15) is 11.6 Å². The highest BCUT2D eigenvalue weighted by Gasteiger charge is 2.28. The molecule has 1 aliphatic carbocycles. The van der Waals surface area contributed by atoms with Crippen LogP contribution in [0.4, 0.5) is 5.69 Å². The first kappa shape index (κ1) is 13.1. The number of oxazole rings is 1. The molecule has 112 valence electrons. The van der Waals surface area contributed by atoms with Crippen molar-refractivity contribution in [3.63, 3.8) is 0 Å². The van der Waals surface area contributed by atoms with Crippen LogP contribution in [0, 0.1) is 6.92 Å². The summed E-state index contributed by atoms with van der Waals surface area (Å²) in [5.74, 6) is 1.95. The van der Waals surface area contributed by atoms with Crippen LogP contribution in [-0.2, 0) is 7.05 Å². The van der Waals surface area contributed by atoms with Gasteiger partial charge in [-0.2, -0.15) is 0 Å². The lowest BCUT2D eigenvalue weighted by molar-refractivity contribution is 0.102. The van der Waals surface area contributed by atoms with E-state index in [0.29, 0.717) is 23.1 Å². The number of anilines is 1. The van der Waals surface area contributed by atoms with Crippen molar-refractivity contribution < 1.29 is 9.21 Å². The number of carbonyl (C=O) groups is 1. The molecule has 0 bridgehead atoms. The molecular formula is C16H16N4O2. The Labute approximate surface area is 127 Å². The molecule has 1 amide bonds. The molecule has 3 aromatic rings. The van der Waals surface area contributed by atoms with Gasteiger partial charge < -0.3 is 14.3 Å². The third-order valence-corrected chi connectivity index (χ3v) is 4.08. The minimum Gasteiger partial charge on any atom is -0.448 e. The number of nitrogens with zero attached hydrogens (tertiary/aromatic N) is 3. The predicted octanol–water partition coefficient (Wildman–Crippen LogP) is 3.00. The van der Waals surface area contributed by atoms with E-state index in [1.54, 1.807) is 6.92 Å². The Balaban J connectivity index is 1.65. The summed E-state index contributed by atoms with van der Waals surface area (Å²) in [4.78, 5) is 20.8. The second-order valence-corrected chi connectivity index (χ2v) is 5.72. The molecule has 6 nitrogen and oxygen atoms in total. The highest BCUT2D eigenvalue weighted by atomic mass is 16.3. The highest BCUT2D eigenvalue weighted by Crippen LogP contribution is 2.40. The van der Waals surface area contributed by atoms with Crippen molar-refractivity contribution in [3.05, 3.63) is 41.9 Å². The number of aryl methyl sites for hydroxylation is 2. The molecule has 0 unspecified atom stereocenters. The lowest BCUT2D eigenvalue weighted by atomic mass is 10.2. The zero-order valence-corrected chi connectivity index (χ0v) is 12.5. The second kappa shape index (κ2) is 4.69. The first-order chi connectivity index (χ1) is 10.6. The molecule has 0 saturated heterocycles. The average Bonchev–Trinajstić information content (AvgIpc) is 3.17. The molecule has 1 saturated carbocycles. The van der Waals surface area contributed by atoms with E-state index in [1.807, 2.05) is 25.2 Å². The summed E-state index contributed by atoms with van der Waals surface area (Å²) in [6, 6.07) is 5.77. The van der Waals surface area contributed by atoms with Gasteiger partial charge in [-0.3, -0.25) is 4.79 Å². The van der Waals surface area contributed by atoms with Gasteiger partial charge in [0.2, 0.25) is 0 Å². The number of benzene rings is 1. The fourth-order valence-electron chi connectivity index (χ4n) is 2.72. The smallest absolute Gasteiger partial charge is 0.277 e. The molecule has 1 aliphatic rings. The lowest BCUT2D eigenvalue weighted by Crippen LogP contribution is -2.13. The third kappa shape index (κ3) is 2.07. The van der Waals surface area contributed by atoms with Crippen molar-refractivity contribution in [3.8, 4) is 0 Å². The Bertz CT molecular complexity index is 874. The molecule has 0 spiro atoms. The Kier molecular flexibility index (Phi) is 2.79. The molecular weight excluding hydrogens is 280 g/mol. The zero-order chi connectivity index (χ0) is 15.3. The number of rotatable bonds is 3. The molecule has 4 rings (SSSR count). The summed E-state index contributed by atoms with van der Waals surface area (Å²) in [6.45, 7) is 1.71. The van der Waals surface area contributed by atoms with Gasteiger partial charge in [0.15, 0.2) is 12.1 Å². The number of hydrogen-bond donors (Lipinski definition) is 1. The number of aromatic nitrogens is 3. The second-order valence-electron chi connectivity index (χ2n) is 5.72. The van der Waals surface area contributed by atoms with Crippen LogP contribution in [0.2, 0.25) is 0 Å². The monoisotopic (exact) mass is 296 g/mol. The van der Waals surface area contributed by atoms with Gasteiger partial charge in [-0.05, 0) is 38.0 Å². The van der Waals surface area contributed by atoms with Crippen LogP contribution in [0.5, 0.6) is 0 Å². The van der Waals surface area contributed by atoms with Crippen molar-refractivity contribution in [1.82, 2.24) is 14.5 Å². The van der Waals surface area contributed by atoms with Crippen molar-refractivity contribution in [2.45, 2.75) is 25.7 Å². The molecule has 1 N–H and O–H groups in total. The molecule has 22 heavy (non-hydrogen) atoms. The number of amides is 1. The van der Waals surface area contributed by atoms with E-state index in [9.17, 15) is 4.79 Å². The van der Waals surface area contributed by atoms with E-state index in [4.69, 9.17) is 9.40 Å². The molecule has 1 fully saturated rings. The van der Waals surface area contributed by atoms with E-state index in [0.717, 1.165) is 16.9 Å². The third-order valence-electron chi connectivity index (χ3n) is 4.08. The van der Waals surface area contributed by atoms with E-state index >= 15 is 0 Å². The molecule has 0 atom stereocenters. The summed E-state index contributed by atoms with van der Waals surface area (Å²) in [5, 5.41) is 2.84. The van der Waals surface area contributed by atoms with Crippen LogP contribution in [0.1, 0.15) is 40.8 Å². The van der Waals surface area contributed by atoms with Gasteiger partial charge in [-0.25, -0.2) is 9.97 Å². The Morgan fingerprint density at radius 3 is 2.91 bits per heavy atom. The van der Waals surface area contributed by atoms with E-state index in [2.05, 4.69) is 14.9 Å². The summed E-state index contributed by atoms with van der Waals surface area (Å²) >= 11 is 0. The summed E-state index contributed by atoms with van der Waals surface area (Å²) in [7, 11) is 2.04. The van der Waals surface area contributed by atoms with Crippen molar-refractivity contribution >= 4 is 22.6 Å². The minimum atomic E-state index is -0.274. The van der Waals surface area contributed by atoms with Crippen LogP contribution in [-0.4, -0.2) is 20.4 Å². The van der Waals surface area contributed by atoms with E-state index in [1.165, 1.54) is 19.2 Å². The summed E-state index contributed by atoms with van der Waals surface area (Å²) < 4.78 is 7.20. The topological polar surface area (TPSA) is 73.0 Å². The number of carbonyl (C=O) groups excluding carboxylic acids is 1. The van der Waals surface area contributed by atoms with Crippen LogP contribution < -0.4 is 5.32 Å². The Morgan fingerprint density at radius 2 is 2.23 bits per heavy atom. The van der Waals surface area contributed by atoms with Crippen LogP contribution in [0.15, 0.2) is 29.0 Å². The van der Waals surface area contributed by atoms with Crippen molar-refractivity contribution in [2.75, 3.05) is 5.32 Å². The maximum atomic E-state index is 12.2. The first-order valence-electron chi connectivity index (χ1n) is 7.31. The first-order valence-corrected chi connectivity index (χ1v) is 7.31. The molecule has 2 aromatic heterocycles. The van der Waals surface area contributed by atoms with Gasteiger partial charge >= 0.3 is 0 Å². The number of imidazole rings is 1. The zero-order valence-electron chi connectivity index (χ0n) is 12.5. The van der Waals surface area contributed by atoms with E-state index in [-0.39, 0.29) is 5.91 Å². The van der Waals surface area contributed by atoms with Crippen LogP contribution >= 0.6 is 0 Å². The molecule has 1 aromatic carbocycles. The average molecular weight is 296 g/mol. The van der Waals surface area contributed by atoms with E-state index < -0.39 is 0 Å². The summed E-state index contributed by atoms with van der Waals surface area (Å²) in [6.07, 6.45) is 3.70. The van der Waals surface area contributed by atoms with Gasteiger partial charge in [0, 0.05) is 18.7 Å². The number of fused-ring (bicyclic) bond motifs is 1. The highest BCUT2D eigenvalue weighted by molar-refractivity contribution is 6.04. The van der Waals surface area contributed by atoms with Gasteiger partial charge in [0.25, 0.3) is 5.91 Å². The van der Waals surface area contributed by atoms with Crippen molar-refractivity contribution in [2.24, 2.45) is 7.05 Å². The Hall–Kier alpha value is -2.63. The van der Waals surface area contributed by atoms with Crippen LogP contribution in [0.3, 0.4) is 0 Å². The Morgan fingerprint density at radius 1 is 1.41 bits per heavy atom. The fourth-order valence-corrected chi connectivity index (χ4v) is 2.72. The molecule has 0 aliphatic heterocycles. The summed E-state index contributed by atoms with van der Waals surface area (Å²) in [5.41, 5.74) is 3.00. The number of hydrogen-bond acceptors (Lipinski definition) is 4. The van der Waals surface area contributed by atoms with Crippen molar-refractivity contribution in [1.29, 1.82) is 0 Å². The maximum absolute atomic E-state index is 12.2. The quantitative estimate of drug-likeness (QED) is 0.806. The fraction of sp³-hybridized carbons (Fsp3) is 0.312. The van der Waals surface area contributed by atoms with Gasteiger partial charge in [-0.1, -0.05) is 0 Å². The van der Waals surface area contributed by atoms with Crippen LogP contribution in [0.25, 0.3) is 11.0 Å². The van der Waals surface area contributed by atoms with Gasteiger partial charge in [-0.15, -0.1) is 0 Å². The molecule has 2 heterocycles. The largest absolute Gasteiger partial charge is 0.448 e. The lowest BCUT2D eigenvalue weighted by Gasteiger charge is -2.04. The normalized spacial score (nSPS) is 14.5. The number of nitrogens with one attached hydrogen (secondary N) is 1.